The van der Waals surface area contributed by atoms with E-state index in [2.05, 4.69) is 15.3 Å². The fourth-order valence-electron chi connectivity index (χ4n) is 2.79. The van der Waals surface area contributed by atoms with Crippen LogP contribution in [0.3, 0.4) is 0 Å². The highest BCUT2D eigenvalue weighted by Gasteiger charge is 2.13. The molecule has 1 atom stereocenters. The molecule has 0 radical (unpaired) electrons. The summed E-state index contributed by atoms with van der Waals surface area (Å²) in [6, 6.07) is 12.1. The number of carbonyl (C=O) groups excluding carboxylic acids is 1. The van der Waals surface area contributed by atoms with Gasteiger partial charge >= 0.3 is 0 Å². The number of thiophene rings is 1. The largest absolute Gasteiger partial charge is 0.349 e. The van der Waals surface area contributed by atoms with Gasteiger partial charge in [0.25, 0.3) is 0 Å². The summed E-state index contributed by atoms with van der Waals surface area (Å²) >= 11 is 3.23. The third kappa shape index (κ3) is 4.15. The molecule has 4 rings (SSSR count). The normalized spacial score (nSPS) is 12.0. The van der Waals surface area contributed by atoms with Crippen LogP contribution >= 0.6 is 22.7 Å². The van der Waals surface area contributed by atoms with Crippen molar-refractivity contribution in [3.8, 4) is 15.6 Å². The van der Waals surface area contributed by atoms with Crippen LogP contribution in [-0.2, 0) is 11.2 Å². The van der Waals surface area contributed by atoms with Crippen LogP contribution in [0, 0.1) is 0 Å². The van der Waals surface area contributed by atoms with E-state index in [-0.39, 0.29) is 11.9 Å². The minimum atomic E-state index is -0.0651. The Morgan fingerprint density at radius 2 is 2.07 bits per heavy atom. The van der Waals surface area contributed by atoms with E-state index in [9.17, 15) is 4.79 Å². The van der Waals surface area contributed by atoms with Crippen molar-refractivity contribution in [2.24, 2.45) is 0 Å². The summed E-state index contributed by atoms with van der Waals surface area (Å²) in [5.41, 5.74) is 2.91. The van der Waals surface area contributed by atoms with Gasteiger partial charge in [-0.05, 0) is 36.1 Å². The molecule has 1 unspecified atom stereocenters. The zero-order valence-electron chi connectivity index (χ0n) is 14.7. The highest BCUT2D eigenvalue weighted by molar-refractivity contribution is 7.20. The second-order valence-corrected chi connectivity index (χ2v) is 7.95. The van der Waals surface area contributed by atoms with Crippen molar-refractivity contribution in [1.82, 2.24) is 19.9 Å². The molecule has 0 fully saturated rings. The van der Waals surface area contributed by atoms with Crippen LogP contribution in [0.15, 0.2) is 65.9 Å². The molecular formula is C20H18N4OS2. The summed E-state index contributed by atoms with van der Waals surface area (Å²) < 4.78 is 1.94. The predicted octanol–water partition coefficient (Wildman–Crippen LogP) is 4.48. The molecule has 0 bridgehead atoms. The lowest BCUT2D eigenvalue weighted by molar-refractivity contribution is -0.121. The van der Waals surface area contributed by atoms with Gasteiger partial charge in [-0.25, -0.2) is 9.97 Å². The predicted molar refractivity (Wildman–Crippen MR) is 109 cm³/mol. The second kappa shape index (κ2) is 7.85. The van der Waals surface area contributed by atoms with Gasteiger partial charge in [0.1, 0.15) is 5.01 Å². The van der Waals surface area contributed by atoms with Crippen molar-refractivity contribution in [2.45, 2.75) is 19.4 Å². The van der Waals surface area contributed by atoms with E-state index in [1.165, 1.54) is 0 Å². The Bertz CT molecular complexity index is 1000. The Kier molecular flexibility index (Phi) is 5.13. The molecule has 0 aliphatic rings. The molecule has 4 aromatic rings. The third-order valence-corrected chi connectivity index (χ3v) is 6.13. The quantitative estimate of drug-likeness (QED) is 0.525. The van der Waals surface area contributed by atoms with Crippen molar-refractivity contribution in [3.63, 3.8) is 0 Å². The van der Waals surface area contributed by atoms with Crippen molar-refractivity contribution in [3.05, 3.63) is 77.1 Å². The molecule has 7 heteroatoms. The number of amides is 1. The van der Waals surface area contributed by atoms with Gasteiger partial charge < -0.3 is 9.88 Å². The maximum absolute atomic E-state index is 12.4. The molecule has 1 aromatic carbocycles. The first-order valence-corrected chi connectivity index (χ1v) is 10.3. The van der Waals surface area contributed by atoms with Gasteiger partial charge in [-0.1, -0.05) is 18.2 Å². The fraction of sp³-hybridized carbons (Fsp3) is 0.150. The highest BCUT2D eigenvalue weighted by Crippen LogP contribution is 2.28. The second-order valence-electron chi connectivity index (χ2n) is 6.15. The Hall–Kier alpha value is -2.77. The molecule has 5 nitrogen and oxygen atoms in total. The number of imidazole rings is 1. The lowest BCUT2D eigenvalue weighted by atomic mass is 10.1. The number of nitrogens with one attached hydrogen (secondary N) is 1. The summed E-state index contributed by atoms with van der Waals surface area (Å²) in [5.74, 6) is -0.0239. The first kappa shape index (κ1) is 17.6. The molecule has 3 aromatic heterocycles. The topological polar surface area (TPSA) is 59.8 Å². The molecule has 0 aliphatic carbocycles. The van der Waals surface area contributed by atoms with Crippen molar-refractivity contribution >= 4 is 28.6 Å². The number of hydrogen-bond acceptors (Lipinski definition) is 5. The van der Waals surface area contributed by atoms with Crippen LogP contribution in [0.2, 0.25) is 0 Å². The highest BCUT2D eigenvalue weighted by atomic mass is 32.1. The van der Waals surface area contributed by atoms with Gasteiger partial charge in [0, 0.05) is 23.5 Å². The summed E-state index contributed by atoms with van der Waals surface area (Å²) in [6.07, 6.45) is 5.70. The maximum atomic E-state index is 12.4. The molecule has 0 spiro atoms. The van der Waals surface area contributed by atoms with E-state index in [4.69, 9.17) is 0 Å². The molecule has 1 N–H and O–H groups in total. The van der Waals surface area contributed by atoms with Crippen LogP contribution in [0.1, 0.15) is 24.2 Å². The van der Waals surface area contributed by atoms with Crippen molar-refractivity contribution in [2.75, 3.05) is 0 Å². The summed E-state index contributed by atoms with van der Waals surface area (Å²) in [4.78, 5) is 22.2. The molecule has 1 amide bonds. The first-order valence-electron chi connectivity index (χ1n) is 8.55. The number of thiazole rings is 1. The van der Waals surface area contributed by atoms with E-state index < -0.39 is 0 Å². The molecule has 3 heterocycles. The minimum absolute atomic E-state index is 0.0239. The molecule has 0 saturated carbocycles. The molecular weight excluding hydrogens is 376 g/mol. The summed E-state index contributed by atoms with van der Waals surface area (Å²) in [5, 5.41) is 8.01. The molecule has 27 heavy (non-hydrogen) atoms. The molecule has 0 aliphatic heterocycles. The van der Waals surface area contributed by atoms with Crippen LogP contribution in [0.25, 0.3) is 15.6 Å². The summed E-state index contributed by atoms with van der Waals surface area (Å²) in [7, 11) is 0. The average molecular weight is 395 g/mol. The van der Waals surface area contributed by atoms with E-state index in [0.717, 1.165) is 26.8 Å². The maximum Gasteiger partial charge on any atom is 0.226 e. The van der Waals surface area contributed by atoms with Crippen LogP contribution < -0.4 is 5.32 Å². The Balaban J connectivity index is 1.36. The number of hydrogen-bond donors (Lipinski definition) is 1. The van der Waals surface area contributed by atoms with E-state index in [1.807, 2.05) is 64.8 Å². The van der Waals surface area contributed by atoms with Gasteiger partial charge in [0.05, 0.1) is 29.4 Å². The van der Waals surface area contributed by atoms with Crippen LogP contribution in [0.4, 0.5) is 0 Å². The van der Waals surface area contributed by atoms with Gasteiger partial charge in [-0.2, -0.15) is 0 Å². The zero-order valence-corrected chi connectivity index (χ0v) is 16.3. The van der Waals surface area contributed by atoms with Crippen LogP contribution in [0.5, 0.6) is 0 Å². The number of benzene rings is 1. The lowest BCUT2D eigenvalue weighted by Crippen LogP contribution is -2.28. The summed E-state index contributed by atoms with van der Waals surface area (Å²) in [6.45, 7) is 1.99. The zero-order chi connectivity index (χ0) is 18.6. The standard InChI is InChI=1S/C20H18N4OS2/c1-14(15-4-6-17(7-5-15)24-9-8-21-13-24)22-19(25)11-16-12-27-20(23-16)18-3-2-10-26-18/h2-10,12-14H,11H2,1H3,(H,22,25). The van der Waals surface area contributed by atoms with E-state index in [0.29, 0.717) is 6.42 Å². The van der Waals surface area contributed by atoms with E-state index >= 15 is 0 Å². The monoisotopic (exact) mass is 394 g/mol. The Morgan fingerprint density at radius 3 is 2.78 bits per heavy atom. The molecule has 0 saturated heterocycles. The SMILES string of the molecule is CC(NC(=O)Cc1csc(-c2cccs2)n1)c1ccc(-n2ccnc2)cc1. The fourth-order valence-corrected chi connectivity index (χ4v) is 4.42. The van der Waals surface area contributed by atoms with Gasteiger partial charge in [0.2, 0.25) is 5.91 Å². The van der Waals surface area contributed by atoms with Crippen molar-refractivity contribution < 1.29 is 4.79 Å². The van der Waals surface area contributed by atoms with Gasteiger partial charge in [-0.15, -0.1) is 22.7 Å². The third-order valence-electron chi connectivity index (χ3n) is 4.20. The van der Waals surface area contributed by atoms with Gasteiger partial charge in [-0.3, -0.25) is 4.79 Å². The first-order chi connectivity index (χ1) is 13.2. The number of nitrogens with zero attached hydrogens (tertiary/aromatic N) is 3. The van der Waals surface area contributed by atoms with E-state index in [1.54, 1.807) is 35.2 Å². The average Bonchev–Trinajstić information content (AvgIpc) is 3.43. The Labute approximate surface area is 165 Å². The number of rotatable bonds is 6. The van der Waals surface area contributed by atoms with Gasteiger partial charge in [0.15, 0.2) is 0 Å². The molecule has 136 valence electrons. The number of aromatic nitrogens is 3. The lowest BCUT2D eigenvalue weighted by Gasteiger charge is -2.14. The van der Waals surface area contributed by atoms with Crippen LogP contribution in [-0.4, -0.2) is 20.4 Å². The Morgan fingerprint density at radius 1 is 1.22 bits per heavy atom. The smallest absolute Gasteiger partial charge is 0.226 e. The number of carbonyl (C=O) groups is 1. The minimum Gasteiger partial charge on any atom is -0.349 e. The van der Waals surface area contributed by atoms with Crippen molar-refractivity contribution in [1.29, 1.82) is 0 Å².